The Bertz CT molecular complexity index is 1030. The Morgan fingerprint density at radius 3 is 2.37 bits per heavy atom. The summed E-state index contributed by atoms with van der Waals surface area (Å²) in [5, 5.41) is 0. The first-order valence-electron chi connectivity index (χ1n) is 8.80. The van der Waals surface area contributed by atoms with Gasteiger partial charge in [0, 0.05) is 36.8 Å². The predicted molar refractivity (Wildman–Crippen MR) is 96.7 cm³/mol. The maximum absolute atomic E-state index is 14.4. The van der Waals surface area contributed by atoms with Crippen LogP contribution < -0.4 is 4.74 Å². The number of halogens is 5. The normalized spacial score (nSPS) is 12.4. The molecule has 0 N–H and O–H groups in total. The quantitative estimate of drug-likeness (QED) is 0.504. The fourth-order valence-electron chi connectivity index (χ4n) is 2.97. The van der Waals surface area contributed by atoms with Crippen molar-refractivity contribution in [3.05, 3.63) is 89.5 Å². The van der Waals surface area contributed by atoms with Crippen LogP contribution >= 0.6 is 0 Å². The van der Waals surface area contributed by atoms with Crippen molar-refractivity contribution in [1.29, 1.82) is 0 Å². The SMILES string of the molecule is O=C(Cc1ccccn1)C[C@@H](c1ccc(OC(F)(F)F)c(F)c1)c1ncccc1F. The summed E-state index contributed by atoms with van der Waals surface area (Å²) < 4.78 is 69.3. The van der Waals surface area contributed by atoms with Crippen molar-refractivity contribution in [2.45, 2.75) is 25.1 Å². The van der Waals surface area contributed by atoms with Gasteiger partial charge in [0.05, 0.1) is 5.69 Å². The molecular formula is C21H15F5N2O2. The molecule has 0 fully saturated rings. The molecule has 156 valence electrons. The van der Waals surface area contributed by atoms with Gasteiger partial charge in [-0.1, -0.05) is 12.1 Å². The summed E-state index contributed by atoms with van der Waals surface area (Å²) in [6.07, 6.45) is -2.51. The Hall–Kier alpha value is -3.36. The second kappa shape index (κ2) is 8.98. The van der Waals surface area contributed by atoms with Crippen LogP contribution in [-0.4, -0.2) is 22.1 Å². The first-order valence-corrected chi connectivity index (χ1v) is 8.80. The van der Waals surface area contributed by atoms with Gasteiger partial charge < -0.3 is 4.74 Å². The fourth-order valence-corrected chi connectivity index (χ4v) is 2.97. The first kappa shape index (κ1) is 21.4. The zero-order valence-electron chi connectivity index (χ0n) is 15.4. The number of carbonyl (C=O) groups is 1. The van der Waals surface area contributed by atoms with Crippen molar-refractivity contribution < 1.29 is 31.5 Å². The van der Waals surface area contributed by atoms with Crippen molar-refractivity contribution in [2.24, 2.45) is 0 Å². The van der Waals surface area contributed by atoms with E-state index in [9.17, 15) is 26.7 Å². The van der Waals surface area contributed by atoms with Crippen LogP contribution in [0.25, 0.3) is 0 Å². The van der Waals surface area contributed by atoms with Crippen molar-refractivity contribution >= 4 is 5.78 Å². The second-order valence-electron chi connectivity index (χ2n) is 6.40. The Kier molecular flexibility index (Phi) is 6.39. The number of nitrogens with zero attached hydrogens (tertiary/aromatic N) is 2. The van der Waals surface area contributed by atoms with Crippen LogP contribution in [0.5, 0.6) is 5.75 Å². The van der Waals surface area contributed by atoms with E-state index in [-0.39, 0.29) is 29.9 Å². The third kappa shape index (κ3) is 5.59. The number of hydrogen-bond donors (Lipinski definition) is 0. The van der Waals surface area contributed by atoms with Gasteiger partial charge in [-0.15, -0.1) is 13.2 Å². The van der Waals surface area contributed by atoms with E-state index in [4.69, 9.17) is 0 Å². The minimum Gasteiger partial charge on any atom is -0.403 e. The van der Waals surface area contributed by atoms with Crippen molar-refractivity contribution in [2.75, 3.05) is 0 Å². The largest absolute Gasteiger partial charge is 0.573 e. The van der Waals surface area contributed by atoms with Gasteiger partial charge in [0.25, 0.3) is 0 Å². The highest BCUT2D eigenvalue weighted by Crippen LogP contribution is 2.33. The Morgan fingerprint density at radius 1 is 0.967 bits per heavy atom. The van der Waals surface area contributed by atoms with E-state index in [1.165, 1.54) is 18.5 Å². The zero-order chi connectivity index (χ0) is 21.7. The summed E-state index contributed by atoms with van der Waals surface area (Å²) >= 11 is 0. The summed E-state index contributed by atoms with van der Waals surface area (Å²) in [6.45, 7) is 0. The van der Waals surface area contributed by atoms with Gasteiger partial charge in [-0.3, -0.25) is 14.8 Å². The molecule has 1 atom stereocenters. The number of rotatable bonds is 7. The van der Waals surface area contributed by atoms with Gasteiger partial charge in [-0.2, -0.15) is 0 Å². The third-order valence-corrected chi connectivity index (χ3v) is 4.24. The van der Waals surface area contributed by atoms with Crippen LogP contribution in [0.4, 0.5) is 22.0 Å². The molecule has 0 aliphatic heterocycles. The molecule has 9 heteroatoms. The molecule has 0 saturated heterocycles. The maximum Gasteiger partial charge on any atom is 0.573 e. The minimum absolute atomic E-state index is 0.0382. The number of carbonyl (C=O) groups excluding carboxylic acids is 1. The molecule has 2 aromatic heterocycles. The molecule has 1 aromatic carbocycles. The van der Waals surface area contributed by atoms with E-state index in [1.54, 1.807) is 18.2 Å². The smallest absolute Gasteiger partial charge is 0.403 e. The van der Waals surface area contributed by atoms with E-state index in [0.29, 0.717) is 5.69 Å². The molecule has 0 spiro atoms. The summed E-state index contributed by atoms with van der Waals surface area (Å²) in [7, 11) is 0. The van der Waals surface area contributed by atoms with Crippen LogP contribution in [0.3, 0.4) is 0 Å². The molecule has 30 heavy (non-hydrogen) atoms. The topological polar surface area (TPSA) is 52.1 Å². The number of Topliss-reactive ketones (excluding diaryl/α,β-unsaturated/α-hetero) is 1. The molecule has 0 radical (unpaired) electrons. The lowest BCUT2D eigenvalue weighted by molar-refractivity contribution is -0.275. The van der Waals surface area contributed by atoms with Crippen molar-refractivity contribution in [3.63, 3.8) is 0 Å². The van der Waals surface area contributed by atoms with Crippen LogP contribution in [-0.2, 0) is 11.2 Å². The summed E-state index contributed by atoms with van der Waals surface area (Å²) in [5.41, 5.74) is 0.479. The van der Waals surface area contributed by atoms with E-state index < -0.39 is 29.7 Å². The number of benzene rings is 1. The van der Waals surface area contributed by atoms with Crippen molar-refractivity contribution in [1.82, 2.24) is 9.97 Å². The number of alkyl halides is 3. The number of hydrogen-bond acceptors (Lipinski definition) is 4. The average molecular weight is 422 g/mol. The molecule has 2 heterocycles. The van der Waals surface area contributed by atoms with Gasteiger partial charge in [0.2, 0.25) is 0 Å². The number of aromatic nitrogens is 2. The predicted octanol–water partition coefficient (Wildman–Crippen LogP) is 4.99. The monoisotopic (exact) mass is 422 g/mol. The number of pyridine rings is 2. The third-order valence-electron chi connectivity index (χ3n) is 4.24. The molecule has 3 aromatic rings. The zero-order valence-corrected chi connectivity index (χ0v) is 15.4. The van der Waals surface area contributed by atoms with E-state index >= 15 is 0 Å². The second-order valence-corrected chi connectivity index (χ2v) is 6.40. The minimum atomic E-state index is -5.06. The molecule has 3 rings (SSSR count). The van der Waals surface area contributed by atoms with Crippen LogP contribution in [0.1, 0.15) is 29.3 Å². The molecule has 0 bridgehead atoms. The molecule has 0 amide bonds. The summed E-state index contributed by atoms with van der Waals surface area (Å²) in [4.78, 5) is 20.6. The summed E-state index contributed by atoms with van der Waals surface area (Å²) in [6, 6.07) is 10.3. The van der Waals surface area contributed by atoms with E-state index in [1.807, 2.05) is 0 Å². The molecule has 0 aliphatic carbocycles. The van der Waals surface area contributed by atoms with Crippen LogP contribution in [0.15, 0.2) is 60.9 Å². The standard InChI is InChI=1S/C21H15F5N2O2/c22-17-5-3-9-28-20(17)16(12-15(29)11-14-4-1-2-8-27-14)13-6-7-19(18(23)10-13)30-21(24,25)26/h1-10,16H,11-12H2/t16-/m0/s1. The van der Waals surface area contributed by atoms with Crippen LogP contribution in [0.2, 0.25) is 0 Å². The Labute approximate surface area is 168 Å². The van der Waals surface area contributed by atoms with Gasteiger partial charge in [-0.25, -0.2) is 8.78 Å². The van der Waals surface area contributed by atoms with Gasteiger partial charge >= 0.3 is 6.36 Å². The first-order chi connectivity index (χ1) is 14.2. The van der Waals surface area contributed by atoms with Gasteiger partial charge in [-0.05, 0) is 42.0 Å². The highest BCUT2D eigenvalue weighted by atomic mass is 19.4. The number of ether oxygens (including phenoxy) is 1. The van der Waals surface area contributed by atoms with Gasteiger partial charge in [0.1, 0.15) is 11.6 Å². The van der Waals surface area contributed by atoms with Crippen LogP contribution in [0, 0.1) is 11.6 Å². The molecular weight excluding hydrogens is 407 g/mol. The maximum atomic E-state index is 14.4. The highest BCUT2D eigenvalue weighted by Gasteiger charge is 2.33. The summed E-state index contributed by atoms with van der Waals surface area (Å²) in [5.74, 6) is -4.35. The van der Waals surface area contributed by atoms with E-state index in [2.05, 4.69) is 14.7 Å². The molecule has 4 nitrogen and oxygen atoms in total. The Balaban J connectivity index is 1.91. The molecule has 0 aliphatic rings. The van der Waals surface area contributed by atoms with Crippen molar-refractivity contribution in [3.8, 4) is 5.75 Å². The molecule has 0 saturated carbocycles. The lowest BCUT2D eigenvalue weighted by Crippen LogP contribution is -2.18. The fraction of sp³-hybridized carbons (Fsp3) is 0.190. The molecule has 0 unspecified atom stereocenters. The average Bonchev–Trinajstić information content (AvgIpc) is 2.68. The lowest BCUT2D eigenvalue weighted by Gasteiger charge is -2.18. The lowest BCUT2D eigenvalue weighted by atomic mass is 9.88. The Morgan fingerprint density at radius 2 is 1.73 bits per heavy atom. The number of ketones is 1. The van der Waals surface area contributed by atoms with Gasteiger partial charge in [0.15, 0.2) is 11.6 Å². The highest BCUT2D eigenvalue weighted by molar-refractivity contribution is 5.81. The van der Waals surface area contributed by atoms with E-state index in [0.717, 1.165) is 24.3 Å².